The van der Waals surface area contributed by atoms with Crippen molar-refractivity contribution >= 4 is 11.6 Å². The Morgan fingerprint density at radius 2 is 1.80 bits per heavy atom. The number of piperazine rings is 1. The molecule has 3 rings (SSSR count). The van der Waals surface area contributed by atoms with Gasteiger partial charge in [0.25, 0.3) is 11.3 Å². The van der Waals surface area contributed by atoms with Crippen LogP contribution in [0, 0.1) is 0 Å². The van der Waals surface area contributed by atoms with Crippen LogP contribution in [0.15, 0.2) is 35.3 Å². The average Bonchev–Trinajstić information content (AvgIpc) is 2.64. The highest BCUT2D eigenvalue weighted by molar-refractivity contribution is 5.92. The van der Waals surface area contributed by atoms with Gasteiger partial charge in [0.05, 0.1) is 17.6 Å². The molecule has 132 valence electrons. The minimum atomic E-state index is -0.785. The van der Waals surface area contributed by atoms with Gasteiger partial charge in [0.2, 0.25) is 0 Å². The van der Waals surface area contributed by atoms with Crippen molar-refractivity contribution in [2.75, 3.05) is 45.2 Å². The third-order valence-electron chi connectivity index (χ3n) is 4.31. The number of hydrogen-bond acceptors (Lipinski definition) is 6. The van der Waals surface area contributed by atoms with Gasteiger partial charge in [-0.2, -0.15) is 5.10 Å². The maximum Gasteiger partial charge on any atom is 0.275 e. The number of nitrogens with one attached hydrogen (secondary N) is 1. The van der Waals surface area contributed by atoms with E-state index in [9.17, 15) is 14.7 Å². The molecule has 0 radical (unpaired) electrons. The van der Waals surface area contributed by atoms with E-state index in [1.807, 2.05) is 24.3 Å². The number of anilines is 1. The van der Waals surface area contributed by atoms with Crippen molar-refractivity contribution in [1.29, 1.82) is 0 Å². The van der Waals surface area contributed by atoms with Crippen LogP contribution in [0.2, 0.25) is 0 Å². The summed E-state index contributed by atoms with van der Waals surface area (Å²) in [6.07, 6.45) is 1.24. The van der Waals surface area contributed by atoms with Gasteiger partial charge in [-0.1, -0.05) is 12.1 Å². The van der Waals surface area contributed by atoms with E-state index in [-0.39, 0.29) is 5.69 Å². The van der Waals surface area contributed by atoms with Crippen LogP contribution in [0.25, 0.3) is 5.69 Å². The van der Waals surface area contributed by atoms with E-state index < -0.39 is 17.1 Å². The Morgan fingerprint density at radius 1 is 1.16 bits per heavy atom. The summed E-state index contributed by atoms with van der Waals surface area (Å²) >= 11 is 0. The third-order valence-corrected chi connectivity index (χ3v) is 4.31. The van der Waals surface area contributed by atoms with Gasteiger partial charge in [-0.15, -0.1) is 0 Å². The minimum absolute atomic E-state index is 0.337. The molecule has 8 nitrogen and oxygen atoms in total. The summed E-state index contributed by atoms with van der Waals surface area (Å²) in [4.78, 5) is 28.3. The standard InChI is InChI=1S/C17H21N5O3/c1-18-17(25)15-16(24)14(23)11-22(19-15)13-6-4-3-5-12(13)21-9-7-20(2)8-10-21/h3-6,11,23H,7-10H2,1-2H3,(H,18,25). The molecule has 2 aromatic rings. The van der Waals surface area contributed by atoms with Crippen LogP contribution in [0.1, 0.15) is 10.5 Å². The first kappa shape index (κ1) is 17.0. The predicted octanol–water partition coefficient (Wildman–Crippen LogP) is 0.0495. The molecule has 1 amide bonds. The molecule has 2 N–H and O–H groups in total. The Hall–Kier alpha value is -2.87. The smallest absolute Gasteiger partial charge is 0.275 e. The molecule has 1 fully saturated rings. The minimum Gasteiger partial charge on any atom is -0.503 e. The van der Waals surface area contributed by atoms with Crippen LogP contribution in [0.4, 0.5) is 5.69 Å². The third kappa shape index (κ3) is 3.34. The first-order valence-corrected chi connectivity index (χ1v) is 8.09. The van der Waals surface area contributed by atoms with E-state index >= 15 is 0 Å². The van der Waals surface area contributed by atoms with Gasteiger partial charge in [-0.05, 0) is 19.2 Å². The number of para-hydroxylation sites is 2. The number of nitrogens with zero attached hydrogens (tertiary/aromatic N) is 4. The molecule has 1 aliphatic heterocycles. The zero-order chi connectivity index (χ0) is 18.0. The molecular weight excluding hydrogens is 322 g/mol. The first-order chi connectivity index (χ1) is 12.0. The van der Waals surface area contributed by atoms with E-state index in [1.54, 1.807) is 0 Å². The Morgan fingerprint density at radius 3 is 2.44 bits per heavy atom. The van der Waals surface area contributed by atoms with E-state index in [2.05, 4.69) is 27.3 Å². The quantitative estimate of drug-likeness (QED) is 0.818. The highest BCUT2D eigenvalue weighted by atomic mass is 16.3. The molecular formula is C17H21N5O3. The predicted molar refractivity (Wildman–Crippen MR) is 94.6 cm³/mol. The molecule has 1 aromatic heterocycles. The van der Waals surface area contributed by atoms with E-state index in [0.29, 0.717) is 5.69 Å². The van der Waals surface area contributed by atoms with Gasteiger partial charge < -0.3 is 20.2 Å². The van der Waals surface area contributed by atoms with Crippen molar-refractivity contribution < 1.29 is 9.90 Å². The van der Waals surface area contributed by atoms with Gasteiger partial charge in [-0.3, -0.25) is 9.59 Å². The van der Waals surface area contributed by atoms with E-state index in [0.717, 1.165) is 31.9 Å². The van der Waals surface area contributed by atoms with Gasteiger partial charge >= 0.3 is 0 Å². The number of aromatic hydroxyl groups is 1. The Balaban J connectivity index is 2.07. The largest absolute Gasteiger partial charge is 0.503 e. The fraction of sp³-hybridized carbons (Fsp3) is 0.353. The number of aromatic nitrogens is 2. The topological polar surface area (TPSA) is 90.7 Å². The molecule has 1 saturated heterocycles. The zero-order valence-corrected chi connectivity index (χ0v) is 14.3. The molecule has 0 spiro atoms. The molecule has 25 heavy (non-hydrogen) atoms. The van der Waals surface area contributed by atoms with Crippen molar-refractivity contribution in [3.63, 3.8) is 0 Å². The van der Waals surface area contributed by atoms with Crippen LogP contribution in [0.5, 0.6) is 5.75 Å². The van der Waals surface area contributed by atoms with E-state index in [1.165, 1.54) is 17.9 Å². The molecule has 0 saturated carbocycles. The fourth-order valence-corrected chi connectivity index (χ4v) is 2.84. The number of carbonyl (C=O) groups excluding carboxylic acids is 1. The Labute approximate surface area is 145 Å². The van der Waals surface area contributed by atoms with E-state index in [4.69, 9.17) is 0 Å². The summed E-state index contributed by atoms with van der Waals surface area (Å²) in [5.41, 5.74) is 0.518. The average molecular weight is 343 g/mol. The molecule has 8 heteroatoms. The second-order valence-electron chi connectivity index (χ2n) is 5.99. The maximum absolute atomic E-state index is 12.0. The molecule has 0 bridgehead atoms. The number of rotatable bonds is 3. The van der Waals surface area contributed by atoms with Crippen molar-refractivity contribution in [2.24, 2.45) is 0 Å². The molecule has 0 atom stereocenters. The van der Waals surface area contributed by atoms with Crippen molar-refractivity contribution in [2.45, 2.75) is 0 Å². The molecule has 1 aromatic carbocycles. The number of hydrogen-bond donors (Lipinski definition) is 2. The lowest BCUT2D eigenvalue weighted by Gasteiger charge is -2.35. The lowest BCUT2D eigenvalue weighted by molar-refractivity contribution is 0.0954. The van der Waals surface area contributed by atoms with Crippen molar-refractivity contribution in [3.05, 3.63) is 46.4 Å². The first-order valence-electron chi connectivity index (χ1n) is 8.09. The van der Waals surface area contributed by atoms with Crippen LogP contribution >= 0.6 is 0 Å². The number of amides is 1. The summed E-state index contributed by atoms with van der Waals surface area (Å²) < 4.78 is 1.38. The summed E-state index contributed by atoms with van der Waals surface area (Å²) in [7, 11) is 3.50. The number of likely N-dealkylation sites (N-methyl/N-ethyl adjacent to an activating group) is 1. The molecule has 0 unspecified atom stereocenters. The highest BCUT2D eigenvalue weighted by Gasteiger charge is 2.20. The van der Waals surface area contributed by atoms with Crippen LogP contribution < -0.4 is 15.6 Å². The number of benzene rings is 1. The molecule has 0 aliphatic carbocycles. The van der Waals surface area contributed by atoms with Crippen LogP contribution in [0.3, 0.4) is 0 Å². The zero-order valence-electron chi connectivity index (χ0n) is 14.3. The van der Waals surface area contributed by atoms with Gasteiger partial charge in [0.1, 0.15) is 0 Å². The second-order valence-corrected chi connectivity index (χ2v) is 5.99. The lowest BCUT2D eigenvalue weighted by atomic mass is 10.2. The Bertz CT molecular complexity index is 840. The van der Waals surface area contributed by atoms with Gasteiger partial charge in [0.15, 0.2) is 11.4 Å². The molecule has 1 aliphatic rings. The summed E-state index contributed by atoms with van der Waals surface area (Å²) in [5.74, 6) is -1.14. The second kappa shape index (κ2) is 6.94. The highest BCUT2D eigenvalue weighted by Crippen LogP contribution is 2.25. The SMILES string of the molecule is CNC(=O)c1nn(-c2ccccc2N2CCN(C)CC2)cc(O)c1=O. The summed E-state index contributed by atoms with van der Waals surface area (Å²) in [6.45, 7) is 3.62. The van der Waals surface area contributed by atoms with Gasteiger partial charge in [-0.25, -0.2) is 4.68 Å². The lowest BCUT2D eigenvalue weighted by Crippen LogP contribution is -2.44. The maximum atomic E-state index is 12.0. The van der Waals surface area contributed by atoms with Crippen molar-refractivity contribution in [3.8, 4) is 11.4 Å². The normalized spacial score (nSPS) is 15.2. The Kier molecular flexibility index (Phi) is 4.71. The molecule has 2 heterocycles. The van der Waals surface area contributed by atoms with Crippen molar-refractivity contribution in [1.82, 2.24) is 20.0 Å². The monoisotopic (exact) mass is 343 g/mol. The fourth-order valence-electron chi connectivity index (χ4n) is 2.84. The summed E-state index contributed by atoms with van der Waals surface area (Å²) in [5, 5.41) is 16.5. The summed E-state index contributed by atoms with van der Waals surface area (Å²) in [6, 6.07) is 7.60. The van der Waals surface area contributed by atoms with Gasteiger partial charge in [0, 0.05) is 33.2 Å². The van der Waals surface area contributed by atoms with Crippen LogP contribution in [-0.4, -0.2) is 66.0 Å². The number of carbonyl (C=O) groups is 1. The van der Waals surface area contributed by atoms with Crippen LogP contribution in [-0.2, 0) is 0 Å².